The lowest BCUT2D eigenvalue weighted by molar-refractivity contribution is 0.542. The van der Waals surface area contributed by atoms with Gasteiger partial charge in [-0.05, 0) is 24.7 Å². The van der Waals surface area contributed by atoms with Crippen LogP contribution in [-0.2, 0) is 9.84 Å². The van der Waals surface area contributed by atoms with E-state index in [9.17, 15) is 8.42 Å². The quantitative estimate of drug-likeness (QED) is 0.645. The number of hydrogen-bond donors (Lipinski definition) is 0. The van der Waals surface area contributed by atoms with E-state index in [4.69, 9.17) is 0 Å². The molecule has 0 fully saturated rings. The summed E-state index contributed by atoms with van der Waals surface area (Å²) in [6.07, 6.45) is 2.82. The van der Waals surface area contributed by atoms with Crippen LogP contribution in [-0.4, -0.2) is 25.3 Å². The first-order chi connectivity index (χ1) is 6.91. The minimum atomic E-state index is -2.84. The molecule has 0 aliphatic heterocycles. The molecule has 0 N–H and O–H groups in total. The number of sulfone groups is 1. The molecule has 0 aromatic rings. The van der Waals surface area contributed by atoms with Crippen molar-refractivity contribution >= 4 is 25.8 Å². The Hall–Kier alpha value is 0.430. The lowest BCUT2D eigenvalue weighted by Crippen LogP contribution is -2.20. The topological polar surface area (TPSA) is 34.1 Å². The molecule has 92 valence electrons. The summed E-state index contributed by atoms with van der Waals surface area (Å²) in [6, 6.07) is 0. The third kappa shape index (κ3) is 8.26. The summed E-state index contributed by atoms with van der Waals surface area (Å²) in [5, 5.41) is 0.793. The summed E-state index contributed by atoms with van der Waals surface area (Å²) in [5.41, 5.74) is 0. The molecule has 4 heteroatoms. The molecule has 0 aromatic carbocycles. The number of hydrogen-bond acceptors (Lipinski definition) is 2. The normalized spacial score (nSPS) is 14.5. The van der Waals surface area contributed by atoms with Crippen LogP contribution < -0.4 is 0 Å². The van der Waals surface area contributed by atoms with Crippen molar-refractivity contribution in [1.29, 1.82) is 0 Å². The van der Waals surface area contributed by atoms with Crippen LogP contribution in [0.3, 0.4) is 0 Å². The van der Waals surface area contributed by atoms with Gasteiger partial charge in [0.25, 0.3) is 0 Å². The molecule has 0 aliphatic rings. The van der Waals surface area contributed by atoms with Crippen molar-refractivity contribution in [2.75, 3.05) is 16.8 Å². The minimum absolute atomic E-state index is 0.284. The largest absolute Gasteiger partial charge is 0.229 e. The first-order valence-electron chi connectivity index (χ1n) is 5.67. The Morgan fingerprint density at radius 2 is 1.80 bits per heavy atom. The first-order valence-corrected chi connectivity index (χ1v) is 8.62. The van der Waals surface area contributed by atoms with E-state index < -0.39 is 9.84 Å². The van der Waals surface area contributed by atoms with Gasteiger partial charge in [0.05, 0.1) is 11.5 Å². The Labute approximate surface area is 103 Å². The second-order valence-electron chi connectivity index (χ2n) is 4.61. The molecule has 15 heavy (non-hydrogen) atoms. The van der Waals surface area contributed by atoms with Crippen molar-refractivity contribution in [1.82, 2.24) is 0 Å². The van der Waals surface area contributed by atoms with Gasteiger partial charge in [-0.1, -0.05) is 43.1 Å². The summed E-state index contributed by atoms with van der Waals surface area (Å²) in [5.74, 6) is 1.44. The van der Waals surface area contributed by atoms with E-state index in [2.05, 4.69) is 36.7 Å². The number of rotatable bonds is 8. The monoisotopic (exact) mass is 298 g/mol. The minimum Gasteiger partial charge on any atom is -0.229 e. The van der Waals surface area contributed by atoms with Crippen LogP contribution in [0.2, 0.25) is 0 Å². The van der Waals surface area contributed by atoms with E-state index in [1.807, 2.05) is 0 Å². The van der Waals surface area contributed by atoms with Crippen LogP contribution in [0.1, 0.15) is 40.0 Å². The maximum atomic E-state index is 11.8. The molecule has 0 spiro atoms. The summed E-state index contributed by atoms with van der Waals surface area (Å²) < 4.78 is 23.5. The fraction of sp³-hybridized carbons (Fsp3) is 1.00. The summed E-state index contributed by atoms with van der Waals surface area (Å²) in [4.78, 5) is 0. The average Bonchev–Trinajstić information content (AvgIpc) is 2.14. The molecule has 0 radical (unpaired) electrons. The maximum Gasteiger partial charge on any atom is 0.150 e. The van der Waals surface area contributed by atoms with Gasteiger partial charge in [0.15, 0.2) is 9.84 Å². The molecule has 2 nitrogen and oxygen atoms in total. The zero-order chi connectivity index (χ0) is 11.9. The molecule has 0 saturated carbocycles. The highest BCUT2D eigenvalue weighted by molar-refractivity contribution is 9.09. The second kappa shape index (κ2) is 7.66. The van der Waals surface area contributed by atoms with Crippen LogP contribution in [0.15, 0.2) is 0 Å². The fourth-order valence-electron chi connectivity index (χ4n) is 1.47. The molecule has 0 heterocycles. The van der Waals surface area contributed by atoms with Gasteiger partial charge in [-0.15, -0.1) is 0 Å². The van der Waals surface area contributed by atoms with Gasteiger partial charge >= 0.3 is 0 Å². The Morgan fingerprint density at radius 3 is 2.20 bits per heavy atom. The van der Waals surface area contributed by atoms with E-state index in [0.717, 1.165) is 24.6 Å². The molecule has 0 saturated heterocycles. The van der Waals surface area contributed by atoms with Crippen LogP contribution in [0, 0.1) is 11.8 Å². The summed E-state index contributed by atoms with van der Waals surface area (Å²) >= 11 is 3.39. The van der Waals surface area contributed by atoms with Gasteiger partial charge in [-0.3, -0.25) is 0 Å². The molecule has 1 unspecified atom stereocenters. The maximum absolute atomic E-state index is 11.8. The molecular weight excluding hydrogens is 276 g/mol. The Balaban J connectivity index is 4.10. The van der Waals surface area contributed by atoms with Gasteiger partial charge in [-0.2, -0.15) is 0 Å². The first kappa shape index (κ1) is 15.4. The van der Waals surface area contributed by atoms with Crippen molar-refractivity contribution in [3.63, 3.8) is 0 Å². The second-order valence-corrected chi connectivity index (χ2v) is 7.48. The fourth-order valence-corrected chi connectivity index (χ4v) is 4.33. The molecule has 0 rings (SSSR count). The summed E-state index contributed by atoms with van der Waals surface area (Å²) in [7, 11) is -2.84. The van der Waals surface area contributed by atoms with Gasteiger partial charge in [0.1, 0.15) is 0 Å². The zero-order valence-electron chi connectivity index (χ0n) is 10.0. The third-order valence-electron chi connectivity index (χ3n) is 2.41. The Kier molecular flexibility index (Phi) is 7.88. The van der Waals surface area contributed by atoms with Crippen molar-refractivity contribution in [3.05, 3.63) is 0 Å². The van der Waals surface area contributed by atoms with E-state index in [0.29, 0.717) is 17.4 Å². The van der Waals surface area contributed by atoms with Crippen LogP contribution in [0.4, 0.5) is 0 Å². The smallest absolute Gasteiger partial charge is 0.150 e. The third-order valence-corrected chi connectivity index (χ3v) is 5.16. The van der Waals surface area contributed by atoms with Crippen LogP contribution >= 0.6 is 15.9 Å². The Bertz CT molecular complexity index is 247. The van der Waals surface area contributed by atoms with E-state index >= 15 is 0 Å². The van der Waals surface area contributed by atoms with Crippen LogP contribution in [0.25, 0.3) is 0 Å². The molecule has 0 aliphatic carbocycles. The van der Waals surface area contributed by atoms with Gasteiger partial charge in [0, 0.05) is 5.33 Å². The Morgan fingerprint density at radius 1 is 1.20 bits per heavy atom. The van der Waals surface area contributed by atoms with Gasteiger partial charge in [0.2, 0.25) is 0 Å². The molecular formula is C11H23BrO2S. The standard InChI is InChI=1S/C11H23BrO2S/c1-4-5-11(8-12)9-15(13,14)7-6-10(2)3/h10-11H,4-9H2,1-3H3. The van der Waals surface area contributed by atoms with Crippen molar-refractivity contribution in [3.8, 4) is 0 Å². The molecule has 0 bridgehead atoms. The molecule has 0 amide bonds. The van der Waals surface area contributed by atoms with Gasteiger partial charge in [-0.25, -0.2) is 8.42 Å². The highest BCUT2D eigenvalue weighted by atomic mass is 79.9. The highest BCUT2D eigenvalue weighted by Gasteiger charge is 2.18. The van der Waals surface area contributed by atoms with E-state index in [-0.39, 0.29) is 5.92 Å². The van der Waals surface area contributed by atoms with Crippen molar-refractivity contribution < 1.29 is 8.42 Å². The average molecular weight is 299 g/mol. The molecule has 0 aromatic heterocycles. The van der Waals surface area contributed by atoms with E-state index in [1.165, 1.54) is 0 Å². The van der Waals surface area contributed by atoms with Crippen molar-refractivity contribution in [2.45, 2.75) is 40.0 Å². The molecule has 1 atom stereocenters. The lowest BCUT2D eigenvalue weighted by Gasteiger charge is -2.13. The lowest BCUT2D eigenvalue weighted by atomic mass is 10.1. The van der Waals surface area contributed by atoms with Gasteiger partial charge < -0.3 is 0 Å². The number of alkyl halides is 1. The highest BCUT2D eigenvalue weighted by Crippen LogP contribution is 2.14. The predicted octanol–water partition coefficient (Wildman–Crippen LogP) is 3.26. The number of halogens is 1. The SMILES string of the molecule is CCCC(CBr)CS(=O)(=O)CCC(C)C. The zero-order valence-corrected chi connectivity index (χ0v) is 12.4. The van der Waals surface area contributed by atoms with Crippen molar-refractivity contribution in [2.24, 2.45) is 11.8 Å². The predicted molar refractivity (Wildman–Crippen MR) is 70.3 cm³/mol. The van der Waals surface area contributed by atoms with Crippen LogP contribution in [0.5, 0.6) is 0 Å². The summed E-state index contributed by atoms with van der Waals surface area (Å²) in [6.45, 7) is 6.21. The van der Waals surface area contributed by atoms with E-state index in [1.54, 1.807) is 0 Å².